The third kappa shape index (κ3) is 5.80. The van der Waals surface area contributed by atoms with Crippen LogP contribution in [0.3, 0.4) is 0 Å². The first-order valence-electron chi connectivity index (χ1n) is 3.46. The largest absolute Gasteiger partial charge is 0.301 e. The average molecular weight is 130 g/mol. The molecule has 0 aliphatic carbocycles. The normalized spacial score (nSPS) is 13.7. The summed E-state index contributed by atoms with van der Waals surface area (Å²) >= 11 is 0. The van der Waals surface area contributed by atoms with E-state index < -0.39 is 0 Å². The molecule has 1 unspecified atom stereocenters. The van der Waals surface area contributed by atoms with Gasteiger partial charge in [-0.2, -0.15) is 5.48 Å². The Morgan fingerprint density at radius 3 is 2.78 bits per heavy atom. The van der Waals surface area contributed by atoms with Crippen LogP contribution < -0.4 is 5.48 Å². The smallest absolute Gasteiger partial charge is 0.0707 e. The van der Waals surface area contributed by atoms with Crippen LogP contribution in [-0.2, 0) is 4.84 Å². The van der Waals surface area contributed by atoms with Crippen LogP contribution in [0.2, 0.25) is 0 Å². The number of rotatable bonds is 5. The Kier molecular flexibility index (Phi) is 5.99. The van der Waals surface area contributed by atoms with E-state index in [9.17, 15) is 0 Å². The molecule has 1 N–H and O–H groups in total. The molecule has 0 heterocycles. The van der Waals surface area contributed by atoms with Crippen LogP contribution >= 0.6 is 0 Å². The van der Waals surface area contributed by atoms with Gasteiger partial charge in [-0.1, -0.05) is 20.3 Å². The molecule has 0 saturated carbocycles. The molecule has 0 aliphatic heterocycles. The molecule has 1 atom stereocenters. The molecule has 0 saturated heterocycles. The molecule has 55 valence electrons. The van der Waals surface area contributed by atoms with Crippen molar-refractivity contribution in [3.8, 4) is 0 Å². The van der Waals surface area contributed by atoms with Crippen molar-refractivity contribution in [2.45, 2.75) is 27.2 Å². The van der Waals surface area contributed by atoms with Gasteiger partial charge in [-0.3, -0.25) is 0 Å². The van der Waals surface area contributed by atoms with Gasteiger partial charge in [-0.25, -0.2) is 0 Å². The summed E-state index contributed by atoms with van der Waals surface area (Å²) in [6, 6.07) is 0. The van der Waals surface area contributed by atoms with Crippen molar-refractivity contribution in [3.63, 3.8) is 0 Å². The van der Waals surface area contributed by atoms with Gasteiger partial charge in [0.25, 0.3) is 0 Å². The van der Waals surface area contributed by atoms with Crippen molar-refractivity contribution in [1.29, 1.82) is 0 Å². The molecule has 2 heteroatoms. The third-order valence-corrected chi connectivity index (χ3v) is 1.27. The molecule has 9 heavy (non-hydrogen) atoms. The molecule has 0 spiro atoms. The van der Waals surface area contributed by atoms with Crippen molar-refractivity contribution in [1.82, 2.24) is 5.48 Å². The minimum Gasteiger partial charge on any atom is -0.301 e. The summed E-state index contributed by atoms with van der Waals surface area (Å²) < 4.78 is 0. The predicted octanol–water partition coefficient (Wildman–Crippen LogP) is 1.74. The second-order valence-electron chi connectivity index (χ2n) is 2.23. The molecule has 0 bridgehead atoms. The van der Waals surface area contributed by atoms with Gasteiger partial charge in [0, 0.05) is 6.54 Å². The van der Waals surface area contributed by atoms with E-state index in [2.05, 4.69) is 19.3 Å². The van der Waals surface area contributed by atoms with Gasteiger partial charge in [-0.15, -0.1) is 0 Å². The maximum atomic E-state index is 5.03. The van der Waals surface area contributed by atoms with E-state index in [0.29, 0.717) is 5.92 Å². The van der Waals surface area contributed by atoms with Gasteiger partial charge in [0.2, 0.25) is 0 Å². The van der Waals surface area contributed by atoms with E-state index in [1.165, 1.54) is 6.42 Å². The van der Waals surface area contributed by atoms with Gasteiger partial charge in [0.1, 0.15) is 0 Å². The highest BCUT2D eigenvalue weighted by Crippen LogP contribution is 1.98. The van der Waals surface area contributed by atoms with Gasteiger partial charge in [-0.05, 0) is 12.8 Å². The molecule has 0 fully saturated rings. The van der Waals surface area contributed by atoms with Crippen molar-refractivity contribution < 1.29 is 4.84 Å². The fourth-order valence-electron chi connectivity index (χ4n) is 0.392. The second-order valence-corrected chi connectivity index (χ2v) is 2.23. The zero-order valence-electron chi connectivity index (χ0n) is 6.48. The lowest BCUT2D eigenvalue weighted by molar-refractivity contribution is 0.0368. The minimum absolute atomic E-state index is 0.650. The lowest BCUT2D eigenvalue weighted by Crippen LogP contribution is -2.14. The summed E-state index contributed by atoms with van der Waals surface area (Å²) in [6.07, 6.45) is 1.17. The Morgan fingerprint density at radius 2 is 2.33 bits per heavy atom. The Balaban J connectivity index is 2.88. The minimum atomic E-state index is 0.650. The Labute approximate surface area is 57.5 Å². The van der Waals surface area contributed by atoms with E-state index in [0.717, 1.165) is 6.61 Å². The maximum Gasteiger partial charge on any atom is 0.0707 e. The van der Waals surface area contributed by atoms with Crippen molar-refractivity contribution in [2.24, 2.45) is 5.92 Å². The zero-order chi connectivity index (χ0) is 7.11. The number of nitrogens with one attached hydrogen (secondary N) is 1. The molecule has 0 aromatic heterocycles. The number of hydrogen-bond donors (Lipinski definition) is 1. The molecular formula is C7H16NO. The lowest BCUT2D eigenvalue weighted by atomic mass is 10.1. The molecule has 0 aromatic rings. The number of hydrogen-bond acceptors (Lipinski definition) is 2. The zero-order valence-corrected chi connectivity index (χ0v) is 6.48. The van der Waals surface area contributed by atoms with Gasteiger partial charge >= 0.3 is 0 Å². The SMILES string of the molecule is C[CH]NOCC(C)CC. The first-order valence-corrected chi connectivity index (χ1v) is 3.46. The van der Waals surface area contributed by atoms with Gasteiger partial charge < -0.3 is 4.84 Å². The summed E-state index contributed by atoms with van der Waals surface area (Å²) in [5.41, 5.74) is 2.69. The average Bonchev–Trinajstić information content (AvgIpc) is 1.89. The Morgan fingerprint density at radius 1 is 1.67 bits per heavy atom. The highest BCUT2D eigenvalue weighted by molar-refractivity contribution is 4.46. The quantitative estimate of drug-likeness (QED) is 0.452. The van der Waals surface area contributed by atoms with Crippen LogP contribution in [0.25, 0.3) is 0 Å². The molecule has 0 rings (SSSR count). The highest BCUT2D eigenvalue weighted by Gasteiger charge is 1.95. The second kappa shape index (κ2) is 6.05. The lowest BCUT2D eigenvalue weighted by Gasteiger charge is -2.07. The van der Waals surface area contributed by atoms with Crippen LogP contribution in [0.15, 0.2) is 0 Å². The Hall–Kier alpha value is -0.0800. The van der Waals surface area contributed by atoms with Gasteiger partial charge in [0.05, 0.1) is 6.61 Å². The highest BCUT2D eigenvalue weighted by atomic mass is 16.6. The summed E-state index contributed by atoms with van der Waals surface area (Å²) in [6.45, 7) is 8.79. The van der Waals surface area contributed by atoms with E-state index in [4.69, 9.17) is 4.84 Å². The van der Waals surface area contributed by atoms with Crippen LogP contribution in [0, 0.1) is 12.5 Å². The monoisotopic (exact) mass is 130 g/mol. The maximum absolute atomic E-state index is 5.03. The van der Waals surface area contributed by atoms with Gasteiger partial charge in [0.15, 0.2) is 0 Å². The van der Waals surface area contributed by atoms with Crippen LogP contribution in [-0.4, -0.2) is 6.61 Å². The third-order valence-electron chi connectivity index (χ3n) is 1.27. The van der Waals surface area contributed by atoms with Crippen LogP contribution in [0.4, 0.5) is 0 Å². The molecule has 2 nitrogen and oxygen atoms in total. The summed E-state index contributed by atoms with van der Waals surface area (Å²) in [5, 5.41) is 0. The van der Waals surface area contributed by atoms with Crippen molar-refractivity contribution >= 4 is 0 Å². The standard InChI is InChI=1S/C7H16NO/c1-4-7(3)6-9-8-5-2/h5,7-8H,4,6H2,1-3H3. The van der Waals surface area contributed by atoms with Crippen molar-refractivity contribution in [3.05, 3.63) is 6.54 Å². The van der Waals surface area contributed by atoms with E-state index in [1.54, 1.807) is 6.54 Å². The fourth-order valence-corrected chi connectivity index (χ4v) is 0.392. The number of hydroxylamine groups is 1. The summed E-state index contributed by atoms with van der Waals surface area (Å²) in [5.74, 6) is 0.650. The Bertz CT molecular complexity index is 56.9. The molecule has 0 aliphatic rings. The fraction of sp³-hybridized carbons (Fsp3) is 0.857. The predicted molar refractivity (Wildman–Crippen MR) is 38.5 cm³/mol. The first-order chi connectivity index (χ1) is 4.31. The molecule has 1 radical (unpaired) electrons. The van der Waals surface area contributed by atoms with E-state index in [1.807, 2.05) is 6.92 Å². The van der Waals surface area contributed by atoms with Crippen LogP contribution in [0.1, 0.15) is 27.2 Å². The molecule has 0 aromatic carbocycles. The van der Waals surface area contributed by atoms with E-state index in [-0.39, 0.29) is 0 Å². The van der Waals surface area contributed by atoms with Crippen LogP contribution in [0.5, 0.6) is 0 Å². The topological polar surface area (TPSA) is 21.3 Å². The van der Waals surface area contributed by atoms with E-state index >= 15 is 0 Å². The molecule has 0 amide bonds. The first kappa shape index (κ1) is 8.92. The summed E-state index contributed by atoms with van der Waals surface area (Å²) in [7, 11) is 0. The van der Waals surface area contributed by atoms with Crippen molar-refractivity contribution in [2.75, 3.05) is 6.61 Å². The molecular weight excluding hydrogens is 114 g/mol. The summed E-state index contributed by atoms with van der Waals surface area (Å²) in [4.78, 5) is 5.03.